The van der Waals surface area contributed by atoms with E-state index >= 15 is 0 Å². The molecule has 0 saturated carbocycles. The maximum Gasteiger partial charge on any atom is 0.337 e. The summed E-state index contributed by atoms with van der Waals surface area (Å²) in [5.74, 6) is -1.59. The number of nitrogens with one attached hydrogen (secondary N) is 2. The van der Waals surface area contributed by atoms with Gasteiger partial charge in [-0.05, 0) is 55.5 Å². The first kappa shape index (κ1) is 23.8. The zero-order valence-electron chi connectivity index (χ0n) is 17.1. The van der Waals surface area contributed by atoms with Crippen LogP contribution in [0.5, 0.6) is 5.75 Å². The minimum absolute atomic E-state index is 0.0545. The third-order valence-electron chi connectivity index (χ3n) is 3.99. The smallest absolute Gasteiger partial charge is 0.337 e. The Hall–Kier alpha value is -3.44. The summed E-state index contributed by atoms with van der Waals surface area (Å²) in [4.78, 5) is 35.3. The van der Waals surface area contributed by atoms with E-state index in [4.69, 9.17) is 9.47 Å². The Balaban J connectivity index is 1.86. The van der Waals surface area contributed by atoms with E-state index in [2.05, 4.69) is 14.8 Å². The van der Waals surface area contributed by atoms with Crippen LogP contribution in [0.3, 0.4) is 0 Å². The van der Waals surface area contributed by atoms with Crippen molar-refractivity contribution in [2.24, 2.45) is 0 Å². The fourth-order valence-corrected chi connectivity index (χ4v) is 3.56. The first-order chi connectivity index (χ1) is 14.7. The first-order valence-corrected chi connectivity index (χ1v) is 10.5. The second-order valence-electron chi connectivity index (χ2n) is 6.24. The van der Waals surface area contributed by atoms with E-state index in [0.717, 1.165) is 0 Å². The molecule has 1 atom stereocenters. The predicted octanol–water partition coefficient (Wildman–Crippen LogP) is 1.33. The number of hydrogen-bond acceptors (Lipinski definition) is 8. The van der Waals surface area contributed by atoms with Crippen molar-refractivity contribution in [1.82, 2.24) is 4.72 Å². The quantitative estimate of drug-likeness (QED) is 0.546. The molecule has 0 aliphatic carbocycles. The fraction of sp³-hybridized carbons (Fsp3) is 0.250. The van der Waals surface area contributed by atoms with Crippen molar-refractivity contribution in [3.05, 3.63) is 54.1 Å². The Bertz CT molecular complexity index is 1030. The lowest BCUT2D eigenvalue weighted by atomic mass is 10.2. The average molecular weight is 450 g/mol. The minimum Gasteiger partial charge on any atom is -0.497 e. The molecule has 10 nitrogen and oxygen atoms in total. The summed E-state index contributed by atoms with van der Waals surface area (Å²) < 4.78 is 41.3. The maximum absolute atomic E-state index is 12.4. The number of hydrogen-bond donors (Lipinski definition) is 2. The molecular formula is C20H22N2O8S. The van der Waals surface area contributed by atoms with Gasteiger partial charge in [-0.2, -0.15) is 4.72 Å². The molecule has 2 rings (SSSR count). The lowest BCUT2D eigenvalue weighted by Gasteiger charge is -2.14. The molecule has 1 amide bonds. The minimum atomic E-state index is -3.97. The molecule has 0 heterocycles. The van der Waals surface area contributed by atoms with Crippen molar-refractivity contribution in [2.45, 2.75) is 17.9 Å². The van der Waals surface area contributed by atoms with Crippen molar-refractivity contribution in [3.63, 3.8) is 0 Å². The number of benzene rings is 2. The number of rotatable bonds is 9. The highest BCUT2D eigenvalue weighted by molar-refractivity contribution is 7.89. The van der Waals surface area contributed by atoms with Crippen LogP contribution in [0.1, 0.15) is 17.3 Å². The molecule has 2 aromatic carbocycles. The molecule has 2 aromatic rings. The normalized spacial score (nSPS) is 11.8. The SMILES string of the molecule is COC(=O)c1ccc(NC(=O)COC(=O)C(C)NS(=O)(=O)c2ccc(OC)cc2)cc1. The van der Waals surface area contributed by atoms with Crippen molar-refractivity contribution in [3.8, 4) is 5.75 Å². The topological polar surface area (TPSA) is 137 Å². The maximum atomic E-state index is 12.4. The van der Waals surface area contributed by atoms with Gasteiger partial charge in [0.2, 0.25) is 10.0 Å². The largest absolute Gasteiger partial charge is 0.497 e. The summed E-state index contributed by atoms with van der Waals surface area (Å²) in [6.07, 6.45) is 0. The van der Waals surface area contributed by atoms with Crippen LogP contribution in [-0.4, -0.2) is 53.1 Å². The predicted molar refractivity (Wildman–Crippen MR) is 110 cm³/mol. The van der Waals surface area contributed by atoms with Crippen LogP contribution in [0.25, 0.3) is 0 Å². The average Bonchev–Trinajstić information content (AvgIpc) is 2.77. The molecule has 2 N–H and O–H groups in total. The molecule has 0 saturated heterocycles. The summed E-state index contributed by atoms with van der Waals surface area (Å²) in [5.41, 5.74) is 0.687. The number of esters is 2. The first-order valence-electron chi connectivity index (χ1n) is 8.97. The molecule has 31 heavy (non-hydrogen) atoms. The van der Waals surface area contributed by atoms with Gasteiger partial charge in [-0.3, -0.25) is 9.59 Å². The van der Waals surface area contributed by atoms with Crippen LogP contribution in [0, 0.1) is 0 Å². The van der Waals surface area contributed by atoms with Crippen LogP contribution in [-0.2, 0) is 29.1 Å². The molecule has 0 radical (unpaired) electrons. The van der Waals surface area contributed by atoms with Crippen molar-refractivity contribution >= 4 is 33.6 Å². The van der Waals surface area contributed by atoms with Gasteiger partial charge < -0.3 is 19.5 Å². The highest BCUT2D eigenvalue weighted by Crippen LogP contribution is 2.16. The molecular weight excluding hydrogens is 428 g/mol. The summed E-state index contributed by atoms with van der Waals surface area (Å²) in [7, 11) is -1.27. The Morgan fingerprint density at radius 3 is 2.13 bits per heavy atom. The zero-order chi connectivity index (χ0) is 23.0. The molecule has 0 aromatic heterocycles. The standard InChI is InChI=1S/C20H22N2O8S/c1-13(22-31(26,27)17-10-8-16(28-2)9-11-17)19(24)30-12-18(23)21-15-6-4-14(5-7-15)20(25)29-3/h4-11,13,22H,12H2,1-3H3,(H,21,23). The van der Waals surface area contributed by atoms with E-state index in [1.165, 1.54) is 69.7 Å². The van der Waals surface area contributed by atoms with Gasteiger partial charge in [-0.1, -0.05) is 0 Å². The van der Waals surface area contributed by atoms with Gasteiger partial charge in [0.25, 0.3) is 5.91 Å². The third-order valence-corrected chi connectivity index (χ3v) is 5.55. The van der Waals surface area contributed by atoms with Crippen molar-refractivity contribution < 1.29 is 37.0 Å². The van der Waals surface area contributed by atoms with E-state index in [1.807, 2.05) is 0 Å². The molecule has 0 aliphatic rings. The number of anilines is 1. The summed E-state index contributed by atoms with van der Waals surface area (Å²) in [6, 6.07) is 10.3. The van der Waals surface area contributed by atoms with Crippen molar-refractivity contribution in [2.75, 3.05) is 26.1 Å². The van der Waals surface area contributed by atoms with E-state index in [1.54, 1.807) is 0 Å². The van der Waals surface area contributed by atoms with Crippen LogP contribution < -0.4 is 14.8 Å². The number of methoxy groups -OCH3 is 2. The number of carbonyl (C=O) groups excluding carboxylic acids is 3. The molecule has 0 aliphatic heterocycles. The highest BCUT2D eigenvalue weighted by Gasteiger charge is 2.23. The van der Waals surface area contributed by atoms with Gasteiger partial charge in [0, 0.05) is 5.69 Å². The number of ether oxygens (including phenoxy) is 3. The van der Waals surface area contributed by atoms with Crippen molar-refractivity contribution in [1.29, 1.82) is 0 Å². The monoisotopic (exact) mass is 450 g/mol. The van der Waals surface area contributed by atoms with Gasteiger partial charge in [0.1, 0.15) is 11.8 Å². The van der Waals surface area contributed by atoms with Crippen LogP contribution >= 0.6 is 0 Å². The van der Waals surface area contributed by atoms with Gasteiger partial charge >= 0.3 is 11.9 Å². The number of sulfonamides is 1. The van der Waals surface area contributed by atoms with Crippen LogP contribution in [0.4, 0.5) is 5.69 Å². The van der Waals surface area contributed by atoms with Gasteiger partial charge in [0.05, 0.1) is 24.7 Å². The van der Waals surface area contributed by atoms with Gasteiger partial charge in [-0.25, -0.2) is 13.2 Å². The summed E-state index contributed by atoms with van der Waals surface area (Å²) in [6.45, 7) is 0.680. The Morgan fingerprint density at radius 2 is 1.58 bits per heavy atom. The molecule has 0 bridgehead atoms. The molecule has 166 valence electrons. The molecule has 11 heteroatoms. The zero-order valence-corrected chi connectivity index (χ0v) is 17.9. The summed E-state index contributed by atoms with van der Waals surface area (Å²) >= 11 is 0. The molecule has 0 fully saturated rings. The van der Waals surface area contributed by atoms with Gasteiger partial charge in [-0.15, -0.1) is 0 Å². The molecule has 0 spiro atoms. The second-order valence-corrected chi connectivity index (χ2v) is 7.96. The van der Waals surface area contributed by atoms with E-state index < -0.39 is 40.5 Å². The van der Waals surface area contributed by atoms with E-state index in [0.29, 0.717) is 17.0 Å². The third kappa shape index (κ3) is 6.79. The molecule has 1 unspecified atom stereocenters. The lowest BCUT2D eigenvalue weighted by molar-refractivity contribution is -0.148. The highest BCUT2D eigenvalue weighted by atomic mass is 32.2. The second kappa shape index (κ2) is 10.5. The summed E-state index contributed by atoms with van der Waals surface area (Å²) in [5, 5.41) is 2.49. The van der Waals surface area contributed by atoms with E-state index in [-0.39, 0.29) is 4.90 Å². The van der Waals surface area contributed by atoms with E-state index in [9.17, 15) is 22.8 Å². The number of carbonyl (C=O) groups is 3. The van der Waals surface area contributed by atoms with Crippen LogP contribution in [0.2, 0.25) is 0 Å². The Labute approximate surface area is 179 Å². The lowest BCUT2D eigenvalue weighted by Crippen LogP contribution is -2.40. The Morgan fingerprint density at radius 1 is 0.968 bits per heavy atom. The van der Waals surface area contributed by atoms with Gasteiger partial charge in [0.15, 0.2) is 6.61 Å². The van der Waals surface area contributed by atoms with Crippen LogP contribution in [0.15, 0.2) is 53.4 Å². The number of amides is 1. The Kier molecular flexibility index (Phi) is 8.11. The fourth-order valence-electron chi connectivity index (χ4n) is 2.37.